The number of aliphatic hydroxyl groups is 1. The van der Waals surface area contributed by atoms with Crippen molar-refractivity contribution in [3.63, 3.8) is 0 Å². The van der Waals surface area contributed by atoms with E-state index in [1.165, 1.54) is 56.2 Å². The van der Waals surface area contributed by atoms with Crippen LogP contribution in [0.1, 0.15) is 98.8 Å². The van der Waals surface area contributed by atoms with Gasteiger partial charge in [-0.05, 0) is 91.4 Å². The number of hydrogen-bond donors (Lipinski definition) is 1. The molecule has 7 unspecified atom stereocenters. The second-order valence-corrected chi connectivity index (χ2v) is 12.4. The van der Waals surface area contributed by atoms with E-state index in [2.05, 4.69) is 40.7 Å². The Morgan fingerprint density at radius 3 is 2.50 bits per heavy atom. The Hall–Kier alpha value is -0.630. The lowest BCUT2D eigenvalue weighted by molar-refractivity contribution is -0.0301. The van der Waals surface area contributed by atoms with Crippen LogP contribution < -0.4 is 0 Å². The Kier molecular flexibility index (Phi) is 6.30. The molecule has 170 valence electrons. The van der Waals surface area contributed by atoms with Gasteiger partial charge in [0, 0.05) is 18.7 Å². The van der Waals surface area contributed by atoms with Gasteiger partial charge in [0.05, 0.1) is 6.10 Å². The smallest absolute Gasteiger partial charge is 0.0578 e. The summed E-state index contributed by atoms with van der Waals surface area (Å²) in [5, 5.41) is 10.3. The Balaban J connectivity index is 1.58. The van der Waals surface area contributed by atoms with E-state index in [4.69, 9.17) is 4.99 Å². The van der Waals surface area contributed by atoms with Crippen LogP contribution in [-0.2, 0) is 0 Å². The summed E-state index contributed by atoms with van der Waals surface area (Å²) in [6.45, 7) is 12.5. The molecule has 0 heterocycles. The van der Waals surface area contributed by atoms with E-state index < -0.39 is 0 Å². The predicted octanol–water partition coefficient (Wildman–Crippen LogP) is 7.07. The zero-order valence-corrected chi connectivity index (χ0v) is 20.6. The van der Waals surface area contributed by atoms with E-state index in [1.54, 1.807) is 0 Å². The molecule has 4 rings (SSSR count). The maximum atomic E-state index is 10.3. The molecule has 0 spiro atoms. The van der Waals surface area contributed by atoms with Gasteiger partial charge in [-0.1, -0.05) is 59.5 Å². The van der Waals surface area contributed by atoms with Crippen LogP contribution in [0.4, 0.5) is 0 Å². The normalized spacial score (nSPS) is 45.7. The van der Waals surface area contributed by atoms with E-state index in [0.29, 0.717) is 16.7 Å². The highest BCUT2D eigenvalue weighted by Gasteiger charge is 2.60. The first-order valence-electron chi connectivity index (χ1n) is 13.1. The standard InChI is InChI=1S/C28H47NO/c1-18(2)8-7-9-19(3)22-10-11-23-26-24(13-15-28(22,23)5)27(4)14-12-21(30)16-20(27)17-25(26)29-6/h17-19,21-24,26,30H,7-16H2,1-6H3/t19-,21?,22?,23?,24?,26?,27?,28?/m1/s1. The monoisotopic (exact) mass is 413 g/mol. The highest BCUT2D eigenvalue weighted by Crippen LogP contribution is 2.66. The number of aliphatic hydroxyl groups excluding tert-OH is 1. The number of nitrogens with zero attached hydrogens (tertiary/aromatic N) is 1. The van der Waals surface area contributed by atoms with Gasteiger partial charge in [-0.25, -0.2) is 0 Å². The summed E-state index contributed by atoms with van der Waals surface area (Å²) in [6.07, 6.45) is 15.1. The number of allylic oxidation sites excluding steroid dienone is 1. The van der Waals surface area contributed by atoms with Crippen molar-refractivity contribution in [2.75, 3.05) is 7.05 Å². The van der Waals surface area contributed by atoms with Crippen molar-refractivity contribution in [3.8, 4) is 0 Å². The first kappa shape index (κ1) is 22.6. The Morgan fingerprint density at radius 2 is 1.80 bits per heavy atom. The second kappa shape index (κ2) is 8.38. The average molecular weight is 414 g/mol. The topological polar surface area (TPSA) is 32.6 Å². The molecule has 8 atom stereocenters. The molecule has 3 fully saturated rings. The zero-order chi connectivity index (χ0) is 21.7. The summed E-state index contributed by atoms with van der Waals surface area (Å²) in [5.74, 6) is 4.75. The van der Waals surface area contributed by atoms with E-state index in [1.807, 2.05) is 7.05 Å². The van der Waals surface area contributed by atoms with Gasteiger partial charge in [0.25, 0.3) is 0 Å². The molecule has 4 aliphatic carbocycles. The fourth-order valence-corrected chi connectivity index (χ4v) is 8.64. The van der Waals surface area contributed by atoms with Crippen molar-refractivity contribution in [3.05, 3.63) is 11.6 Å². The highest BCUT2D eigenvalue weighted by atomic mass is 16.3. The highest BCUT2D eigenvalue weighted by molar-refractivity contribution is 5.99. The van der Waals surface area contributed by atoms with Crippen LogP contribution in [0.2, 0.25) is 0 Å². The van der Waals surface area contributed by atoms with Gasteiger partial charge in [0.15, 0.2) is 0 Å². The molecule has 0 aliphatic heterocycles. The third kappa shape index (κ3) is 3.63. The Morgan fingerprint density at radius 1 is 1.03 bits per heavy atom. The summed E-state index contributed by atoms with van der Waals surface area (Å²) in [6, 6.07) is 0. The fraction of sp³-hybridized carbons (Fsp3) is 0.893. The predicted molar refractivity (Wildman–Crippen MR) is 128 cm³/mol. The molecule has 0 aromatic heterocycles. The molecule has 2 heteroatoms. The van der Waals surface area contributed by atoms with Crippen molar-refractivity contribution < 1.29 is 5.11 Å². The molecule has 1 N–H and O–H groups in total. The molecule has 0 amide bonds. The molecule has 4 aliphatic rings. The molecule has 0 radical (unpaired) electrons. The maximum Gasteiger partial charge on any atom is 0.0578 e. The van der Waals surface area contributed by atoms with Gasteiger partial charge >= 0.3 is 0 Å². The van der Waals surface area contributed by atoms with Gasteiger partial charge in [0.1, 0.15) is 0 Å². The number of fused-ring (bicyclic) bond motifs is 5. The van der Waals surface area contributed by atoms with Crippen LogP contribution in [0, 0.1) is 46.3 Å². The summed E-state index contributed by atoms with van der Waals surface area (Å²) in [5.41, 5.74) is 3.65. The molecule has 30 heavy (non-hydrogen) atoms. The SMILES string of the molecule is CN=C1C=C2CC(O)CCC2(C)C2CCC3(C)C(CCC3[C@H](C)CCCC(C)C)C12. The van der Waals surface area contributed by atoms with Crippen molar-refractivity contribution in [2.24, 2.45) is 51.3 Å². The van der Waals surface area contributed by atoms with E-state index in [0.717, 1.165) is 48.9 Å². The Bertz CT molecular complexity index is 693. The van der Waals surface area contributed by atoms with Gasteiger partial charge in [-0.15, -0.1) is 0 Å². The van der Waals surface area contributed by atoms with Crippen LogP contribution in [0.25, 0.3) is 0 Å². The first-order valence-corrected chi connectivity index (χ1v) is 13.1. The lowest BCUT2D eigenvalue weighted by Crippen LogP contribution is -2.53. The van der Waals surface area contributed by atoms with E-state index >= 15 is 0 Å². The summed E-state index contributed by atoms with van der Waals surface area (Å²) in [4.78, 5) is 4.87. The van der Waals surface area contributed by atoms with Crippen LogP contribution in [0.5, 0.6) is 0 Å². The summed E-state index contributed by atoms with van der Waals surface area (Å²) in [7, 11) is 2.01. The van der Waals surface area contributed by atoms with Crippen LogP contribution in [-0.4, -0.2) is 24.0 Å². The van der Waals surface area contributed by atoms with Gasteiger partial charge in [-0.2, -0.15) is 0 Å². The number of hydrogen-bond acceptors (Lipinski definition) is 2. The quantitative estimate of drug-likeness (QED) is 0.513. The van der Waals surface area contributed by atoms with E-state index in [9.17, 15) is 5.11 Å². The Labute approximate surface area is 186 Å². The second-order valence-electron chi connectivity index (χ2n) is 12.4. The van der Waals surface area contributed by atoms with Crippen LogP contribution >= 0.6 is 0 Å². The third-order valence-corrected chi connectivity index (χ3v) is 10.4. The number of aliphatic imine (C=N–C) groups is 1. The first-order chi connectivity index (χ1) is 14.2. The largest absolute Gasteiger partial charge is 0.393 e. The van der Waals surface area contributed by atoms with Gasteiger partial charge < -0.3 is 5.11 Å². The minimum atomic E-state index is -0.143. The molecular formula is C28H47NO. The molecule has 2 nitrogen and oxygen atoms in total. The van der Waals surface area contributed by atoms with Crippen molar-refractivity contribution >= 4 is 5.71 Å². The summed E-state index contributed by atoms with van der Waals surface area (Å²) >= 11 is 0. The maximum absolute atomic E-state index is 10.3. The molecule has 0 bridgehead atoms. The molecular weight excluding hydrogens is 366 g/mol. The van der Waals surface area contributed by atoms with Crippen molar-refractivity contribution in [1.29, 1.82) is 0 Å². The van der Waals surface area contributed by atoms with Crippen molar-refractivity contribution in [1.82, 2.24) is 0 Å². The van der Waals surface area contributed by atoms with E-state index in [-0.39, 0.29) is 6.10 Å². The van der Waals surface area contributed by atoms with Gasteiger partial charge in [0.2, 0.25) is 0 Å². The number of rotatable bonds is 5. The summed E-state index contributed by atoms with van der Waals surface area (Å²) < 4.78 is 0. The fourth-order valence-electron chi connectivity index (χ4n) is 8.64. The lowest BCUT2D eigenvalue weighted by atomic mass is 9.46. The molecule has 0 aromatic carbocycles. The lowest BCUT2D eigenvalue weighted by Gasteiger charge is -2.58. The average Bonchev–Trinajstić information content (AvgIpc) is 3.05. The minimum Gasteiger partial charge on any atom is -0.393 e. The molecule has 3 saturated carbocycles. The van der Waals surface area contributed by atoms with Crippen molar-refractivity contribution in [2.45, 2.75) is 105 Å². The minimum absolute atomic E-state index is 0.143. The molecule has 0 saturated heterocycles. The van der Waals surface area contributed by atoms with Gasteiger partial charge in [-0.3, -0.25) is 4.99 Å². The third-order valence-electron chi connectivity index (χ3n) is 10.4. The van der Waals surface area contributed by atoms with Crippen LogP contribution in [0.15, 0.2) is 16.6 Å². The molecule has 0 aromatic rings. The van der Waals surface area contributed by atoms with Crippen LogP contribution in [0.3, 0.4) is 0 Å². The zero-order valence-electron chi connectivity index (χ0n) is 20.6.